The molecule has 3 unspecified atom stereocenters. The highest BCUT2D eigenvalue weighted by Gasteiger charge is 2.27. The summed E-state index contributed by atoms with van der Waals surface area (Å²) in [6.07, 6.45) is 53.9. The van der Waals surface area contributed by atoms with Crippen molar-refractivity contribution >= 4 is 19.8 Å². The van der Waals surface area contributed by atoms with Gasteiger partial charge in [0.1, 0.15) is 12.7 Å². The average Bonchev–Trinajstić information content (AvgIpc) is 3.28. The van der Waals surface area contributed by atoms with Crippen LogP contribution in [0.5, 0.6) is 0 Å². The van der Waals surface area contributed by atoms with Gasteiger partial charge in [-0.15, -0.1) is 0 Å². The number of carbonyl (C=O) groups is 2. The van der Waals surface area contributed by atoms with Gasteiger partial charge >= 0.3 is 19.8 Å². The van der Waals surface area contributed by atoms with Gasteiger partial charge in [0.15, 0.2) is 6.10 Å². The molecule has 0 aromatic rings. The van der Waals surface area contributed by atoms with E-state index in [1.54, 1.807) is 0 Å². The summed E-state index contributed by atoms with van der Waals surface area (Å²) in [6.45, 7) is 2.40. The highest BCUT2D eigenvalue weighted by molar-refractivity contribution is 7.47. The van der Waals surface area contributed by atoms with E-state index in [-0.39, 0.29) is 19.4 Å². The Morgan fingerprint density at radius 3 is 1.22 bits per heavy atom. The molecule has 0 rings (SSSR count). The van der Waals surface area contributed by atoms with E-state index in [0.717, 1.165) is 51.4 Å². The molecule has 3 atom stereocenters. The molecule has 0 amide bonds. The van der Waals surface area contributed by atoms with Crippen LogP contribution in [0.2, 0.25) is 0 Å². The first-order valence-corrected chi connectivity index (χ1v) is 27.9. The predicted octanol–water partition coefficient (Wildman–Crippen LogP) is 15.1. The molecule has 0 spiro atoms. The van der Waals surface area contributed by atoms with Gasteiger partial charge in [-0.05, 0) is 70.6 Å². The Kier molecular flexibility index (Phi) is 47.7. The normalized spacial score (nSPS) is 13.9. The first-order valence-electron chi connectivity index (χ1n) is 26.4. The highest BCUT2D eigenvalue weighted by Crippen LogP contribution is 2.43. The SMILES string of the molecule is CCCCCCC/C=C\C/C=C\CCCCCCCCCCCCCC(=O)OC(COC(=O)CCCCCCCCC/C=C\CCCCCCCCC)COP(=O)(O)OCC(O)CO. The lowest BCUT2D eigenvalue weighted by Gasteiger charge is -2.20. The quantitative estimate of drug-likeness (QED) is 0.0233. The summed E-state index contributed by atoms with van der Waals surface area (Å²) in [4.78, 5) is 35.2. The summed E-state index contributed by atoms with van der Waals surface area (Å²) < 4.78 is 32.9. The zero-order valence-corrected chi connectivity index (χ0v) is 42.2. The van der Waals surface area contributed by atoms with Gasteiger partial charge in [-0.25, -0.2) is 4.57 Å². The van der Waals surface area contributed by atoms with Gasteiger partial charge in [-0.1, -0.05) is 204 Å². The zero-order chi connectivity index (χ0) is 46.9. The van der Waals surface area contributed by atoms with Crippen molar-refractivity contribution in [1.29, 1.82) is 0 Å². The smallest absolute Gasteiger partial charge is 0.462 e. The van der Waals surface area contributed by atoms with Crippen LogP contribution in [0, 0.1) is 0 Å². The molecule has 0 saturated heterocycles. The molecule has 64 heavy (non-hydrogen) atoms. The number of aliphatic hydroxyl groups excluding tert-OH is 2. The zero-order valence-electron chi connectivity index (χ0n) is 41.3. The van der Waals surface area contributed by atoms with Crippen molar-refractivity contribution in [2.75, 3.05) is 26.4 Å². The fraction of sp³-hybridized carbons (Fsp3) is 0.849. The lowest BCUT2D eigenvalue weighted by molar-refractivity contribution is -0.161. The highest BCUT2D eigenvalue weighted by atomic mass is 31.2. The fourth-order valence-corrected chi connectivity index (χ4v) is 8.22. The standard InChI is InChI=1S/C53H99O10P/c1-3-5-7-9-11-13-15-17-19-21-23-24-25-26-27-29-31-33-35-37-39-41-43-45-53(57)63-51(49-62-64(58,59)61-47-50(55)46-54)48-60-52(56)44-42-40-38-36-34-32-30-28-22-20-18-16-14-12-10-8-6-4-2/h15,17,20-23,50-51,54-55H,3-14,16,18-19,24-49H2,1-2H3,(H,58,59)/b17-15-,22-20-,23-21-. The summed E-state index contributed by atoms with van der Waals surface area (Å²) in [6, 6.07) is 0. The van der Waals surface area contributed by atoms with Crippen molar-refractivity contribution < 1.29 is 47.8 Å². The van der Waals surface area contributed by atoms with Crippen LogP contribution >= 0.6 is 7.82 Å². The maximum absolute atomic E-state index is 12.7. The molecular formula is C53H99O10P. The average molecular weight is 927 g/mol. The Morgan fingerprint density at radius 2 is 0.812 bits per heavy atom. The number of hydrogen-bond donors (Lipinski definition) is 3. The third kappa shape index (κ3) is 48.1. The van der Waals surface area contributed by atoms with Gasteiger partial charge in [0.05, 0.1) is 19.8 Å². The topological polar surface area (TPSA) is 149 Å². The van der Waals surface area contributed by atoms with E-state index in [9.17, 15) is 24.2 Å². The minimum Gasteiger partial charge on any atom is -0.462 e. The molecule has 0 heterocycles. The summed E-state index contributed by atoms with van der Waals surface area (Å²) in [5, 5.41) is 18.4. The number of phosphoric acid groups is 1. The monoisotopic (exact) mass is 927 g/mol. The van der Waals surface area contributed by atoms with Gasteiger partial charge in [0, 0.05) is 12.8 Å². The maximum Gasteiger partial charge on any atom is 0.472 e. The van der Waals surface area contributed by atoms with Crippen molar-refractivity contribution in [3.05, 3.63) is 36.5 Å². The lowest BCUT2D eigenvalue weighted by atomic mass is 10.0. The van der Waals surface area contributed by atoms with Crippen molar-refractivity contribution in [2.24, 2.45) is 0 Å². The molecule has 0 aromatic heterocycles. The largest absolute Gasteiger partial charge is 0.472 e. The Bertz CT molecular complexity index is 1160. The third-order valence-electron chi connectivity index (χ3n) is 11.5. The Labute approximate surface area is 392 Å². The molecular weight excluding hydrogens is 828 g/mol. The summed E-state index contributed by atoms with van der Waals surface area (Å²) in [7, 11) is -4.62. The third-order valence-corrected chi connectivity index (χ3v) is 12.5. The predicted molar refractivity (Wildman–Crippen MR) is 265 cm³/mol. The maximum atomic E-state index is 12.7. The van der Waals surface area contributed by atoms with E-state index in [4.69, 9.17) is 23.6 Å². The minimum atomic E-state index is -4.62. The lowest BCUT2D eigenvalue weighted by Crippen LogP contribution is -2.29. The molecule has 3 N–H and O–H groups in total. The number of rotatable bonds is 50. The van der Waals surface area contributed by atoms with E-state index in [2.05, 4.69) is 50.3 Å². The molecule has 0 radical (unpaired) electrons. The summed E-state index contributed by atoms with van der Waals surface area (Å²) >= 11 is 0. The number of carbonyl (C=O) groups excluding carboxylic acids is 2. The van der Waals surface area contributed by atoms with Crippen LogP contribution in [0.1, 0.15) is 251 Å². The van der Waals surface area contributed by atoms with Crippen molar-refractivity contribution in [3.63, 3.8) is 0 Å². The van der Waals surface area contributed by atoms with Crippen LogP contribution in [0.4, 0.5) is 0 Å². The van der Waals surface area contributed by atoms with E-state index in [1.807, 2.05) is 0 Å². The number of allylic oxidation sites excluding steroid dienone is 6. The molecule has 0 aliphatic rings. The van der Waals surface area contributed by atoms with Gasteiger partial charge < -0.3 is 24.6 Å². The Balaban J connectivity index is 4.16. The number of ether oxygens (including phenoxy) is 2. The molecule has 0 saturated carbocycles. The number of aliphatic hydroxyl groups is 2. The number of phosphoric ester groups is 1. The first-order chi connectivity index (χ1) is 31.2. The Hall–Kier alpha value is -1.81. The second kappa shape index (κ2) is 49.1. The van der Waals surface area contributed by atoms with Gasteiger partial charge in [0.25, 0.3) is 0 Å². The molecule has 10 nitrogen and oxygen atoms in total. The fourth-order valence-electron chi connectivity index (χ4n) is 7.43. The van der Waals surface area contributed by atoms with Gasteiger partial charge in [0.2, 0.25) is 0 Å². The Morgan fingerprint density at radius 1 is 0.469 bits per heavy atom. The molecule has 0 aliphatic carbocycles. The second-order valence-electron chi connectivity index (χ2n) is 17.9. The van der Waals surface area contributed by atoms with Crippen LogP contribution < -0.4 is 0 Å². The van der Waals surface area contributed by atoms with Crippen molar-refractivity contribution in [1.82, 2.24) is 0 Å². The molecule has 0 bridgehead atoms. The molecule has 0 aromatic carbocycles. The van der Waals surface area contributed by atoms with Gasteiger partial charge in [-0.3, -0.25) is 18.6 Å². The number of esters is 2. The van der Waals surface area contributed by atoms with Crippen molar-refractivity contribution in [3.8, 4) is 0 Å². The van der Waals surface area contributed by atoms with E-state index < -0.39 is 51.8 Å². The van der Waals surface area contributed by atoms with Gasteiger partial charge in [-0.2, -0.15) is 0 Å². The summed E-state index contributed by atoms with van der Waals surface area (Å²) in [5.74, 6) is -0.923. The molecule has 11 heteroatoms. The van der Waals surface area contributed by atoms with Crippen LogP contribution in [0.25, 0.3) is 0 Å². The summed E-state index contributed by atoms with van der Waals surface area (Å²) in [5.41, 5.74) is 0. The minimum absolute atomic E-state index is 0.182. The van der Waals surface area contributed by atoms with Crippen LogP contribution in [-0.2, 0) is 32.7 Å². The molecule has 0 aliphatic heterocycles. The second-order valence-corrected chi connectivity index (χ2v) is 19.3. The van der Waals surface area contributed by atoms with E-state index >= 15 is 0 Å². The number of hydrogen-bond acceptors (Lipinski definition) is 9. The van der Waals surface area contributed by atoms with E-state index in [0.29, 0.717) is 12.8 Å². The van der Waals surface area contributed by atoms with Crippen LogP contribution in [-0.4, -0.2) is 65.7 Å². The van der Waals surface area contributed by atoms with Crippen LogP contribution in [0.15, 0.2) is 36.5 Å². The van der Waals surface area contributed by atoms with Crippen molar-refractivity contribution in [2.45, 2.75) is 264 Å². The number of unbranched alkanes of at least 4 members (excludes halogenated alkanes) is 30. The molecule has 376 valence electrons. The molecule has 0 fully saturated rings. The van der Waals surface area contributed by atoms with Crippen LogP contribution in [0.3, 0.4) is 0 Å². The van der Waals surface area contributed by atoms with E-state index in [1.165, 1.54) is 161 Å². The first kappa shape index (κ1) is 62.2.